The van der Waals surface area contributed by atoms with E-state index in [9.17, 15) is 9.18 Å². The molecule has 2 aliphatic heterocycles. The van der Waals surface area contributed by atoms with Gasteiger partial charge in [-0.2, -0.15) is 0 Å². The van der Waals surface area contributed by atoms with Gasteiger partial charge in [-0.1, -0.05) is 18.2 Å². The Morgan fingerprint density at radius 3 is 2.71 bits per heavy atom. The zero-order chi connectivity index (χ0) is 21.8. The molecule has 0 bridgehead atoms. The van der Waals surface area contributed by atoms with Gasteiger partial charge in [-0.05, 0) is 35.7 Å². The number of hydrogen-bond donors (Lipinski definition) is 1. The normalized spacial score (nSPS) is 20.7. The molecule has 31 heavy (non-hydrogen) atoms. The predicted molar refractivity (Wildman–Crippen MR) is 118 cm³/mol. The number of hydrogen-bond acceptors (Lipinski definition) is 5. The molecule has 0 spiro atoms. The van der Waals surface area contributed by atoms with Gasteiger partial charge in [-0.15, -0.1) is 0 Å². The van der Waals surface area contributed by atoms with Gasteiger partial charge in [0.05, 0.1) is 25.7 Å². The van der Waals surface area contributed by atoms with Crippen molar-refractivity contribution in [1.82, 2.24) is 10.2 Å². The molecule has 0 saturated carbocycles. The number of fused-ring (bicyclic) bond motifs is 3. The Kier molecular flexibility index (Phi) is 6.73. The summed E-state index contributed by atoms with van der Waals surface area (Å²) in [7, 11) is 3.31. The molecule has 0 unspecified atom stereocenters. The summed E-state index contributed by atoms with van der Waals surface area (Å²) in [6.07, 6.45) is 0.698. The summed E-state index contributed by atoms with van der Waals surface area (Å²) < 4.78 is 23.8. The van der Waals surface area contributed by atoms with E-state index in [0.29, 0.717) is 19.6 Å². The van der Waals surface area contributed by atoms with Gasteiger partial charge in [-0.25, -0.2) is 4.39 Å². The lowest BCUT2D eigenvalue weighted by Gasteiger charge is -2.49. The Bertz CT molecular complexity index is 905. The predicted octanol–water partition coefficient (Wildman–Crippen LogP) is 2.46. The van der Waals surface area contributed by atoms with Crippen molar-refractivity contribution in [1.29, 1.82) is 0 Å². The number of nitrogens with one attached hydrogen (secondary N) is 1. The summed E-state index contributed by atoms with van der Waals surface area (Å²) in [6.45, 7) is 4.23. The minimum absolute atomic E-state index is 0.0661. The molecular weight excluding hydrogens is 397 g/mol. The van der Waals surface area contributed by atoms with Gasteiger partial charge >= 0.3 is 0 Å². The van der Waals surface area contributed by atoms with Crippen LogP contribution in [0.15, 0.2) is 42.5 Å². The molecule has 1 amide bonds. The standard InChI is InChI=1S/C24H30FN3O3/c1-30-12-9-26-24(29)21-13-18-5-8-20(31-2)14-22(18)28-11-10-27(16-23(21)28)15-17-3-6-19(25)7-4-17/h3-8,14,21,23H,9-13,15-16H2,1-2H3,(H,26,29)/t21-,23-/m1/s1. The molecule has 2 aromatic carbocycles. The van der Waals surface area contributed by atoms with Crippen molar-refractivity contribution in [3.05, 3.63) is 59.4 Å². The lowest BCUT2D eigenvalue weighted by atomic mass is 9.83. The first-order chi connectivity index (χ1) is 15.1. The highest BCUT2D eigenvalue weighted by molar-refractivity contribution is 5.82. The number of halogens is 1. The number of carbonyl (C=O) groups excluding carboxylic acids is 1. The molecule has 7 heteroatoms. The van der Waals surface area contributed by atoms with Gasteiger partial charge in [0, 0.05) is 51.6 Å². The first kappa shape index (κ1) is 21.6. The molecule has 2 atom stereocenters. The maximum Gasteiger partial charge on any atom is 0.225 e. The molecule has 2 aromatic rings. The molecule has 0 radical (unpaired) electrons. The second-order valence-corrected chi connectivity index (χ2v) is 8.21. The van der Waals surface area contributed by atoms with Gasteiger partial charge < -0.3 is 19.7 Å². The molecule has 2 heterocycles. The van der Waals surface area contributed by atoms with E-state index in [-0.39, 0.29) is 23.7 Å². The quantitative estimate of drug-likeness (QED) is 0.688. The van der Waals surface area contributed by atoms with E-state index in [2.05, 4.69) is 27.2 Å². The highest BCUT2D eigenvalue weighted by atomic mass is 19.1. The minimum Gasteiger partial charge on any atom is -0.497 e. The first-order valence-electron chi connectivity index (χ1n) is 10.8. The second-order valence-electron chi connectivity index (χ2n) is 8.21. The van der Waals surface area contributed by atoms with Crippen LogP contribution in [0, 0.1) is 11.7 Å². The van der Waals surface area contributed by atoms with Crippen molar-refractivity contribution in [3.63, 3.8) is 0 Å². The number of anilines is 1. The Hall–Kier alpha value is -2.64. The van der Waals surface area contributed by atoms with Gasteiger partial charge in [0.2, 0.25) is 5.91 Å². The molecule has 4 rings (SSSR count). The fourth-order valence-electron chi connectivity index (χ4n) is 4.66. The first-order valence-corrected chi connectivity index (χ1v) is 10.8. The SMILES string of the molecule is COCCNC(=O)[C@@H]1Cc2ccc(OC)cc2N2CCN(Cc3ccc(F)cc3)C[C@H]12. The maximum absolute atomic E-state index is 13.3. The molecule has 6 nitrogen and oxygen atoms in total. The highest BCUT2D eigenvalue weighted by Gasteiger charge is 2.41. The molecule has 1 fully saturated rings. The third-order valence-electron chi connectivity index (χ3n) is 6.27. The van der Waals surface area contributed by atoms with E-state index in [1.807, 2.05) is 18.2 Å². The molecule has 0 aromatic heterocycles. The van der Waals surface area contributed by atoms with Crippen LogP contribution in [0.2, 0.25) is 0 Å². The number of benzene rings is 2. The maximum atomic E-state index is 13.3. The van der Waals surface area contributed by atoms with Crippen LogP contribution >= 0.6 is 0 Å². The van der Waals surface area contributed by atoms with Crippen LogP contribution < -0.4 is 15.0 Å². The summed E-state index contributed by atoms with van der Waals surface area (Å²) in [5.41, 5.74) is 3.41. The fraction of sp³-hybridized carbons (Fsp3) is 0.458. The minimum atomic E-state index is -0.223. The Balaban J connectivity index is 1.56. The van der Waals surface area contributed by atoms with Crippen molar-refractivity contribution in [3.8, 4) is 5.75 Å². The average Bonchev–Trinajstić information content (AvgIpc) is 2.79. The van der Waals surface area contributed by atoms with E-state index >= 15 is 0 Å². The van der Waals surface area contributed by atoms with Crippen LogP contribution in [-0.2, 0) is 22.5 Å². The topological polar surface area (TPSA) is 54.0 Å². The van der Waals surface area contributed by atoms with E-state index in [0.717, 1.165) is 43.2 Å². The summed E-state index contributed by atoms with van der Waals surface area (Å²) in [6, 6.07) is 12.8. The van der Waals surface area contributed by atoms with Crippen LogP contribution in [0.1, 0.15) is 11.1 Å². The van der Waals surface area contributed by atoms with Crippen molar-refractivity contribution >= 4 is 11.6 Å². The molecule has 2 aliphatic rings. The summed E-state index contributed by atoms with van der Waals surface area (Å²) in [4.78, 5) is 17.8. The summed E-state index contributed by atoms with van der Waals surface area (Å²) >= 11 is 0. The zero-order valence-corrected chi connectivity index (χ0v) is 18.1. The van der Waals surface area contributed by atoms with Crippen LogP contribution in [0.4, 0.5) is 10.1 Å². The van der Waals surface area contributed by atoms with Gasteiger partial charge in [-0.3, -0.25) is 9.69 Å². The van der Waals surface area contributed by atoms with Crippen molar-refractivity contribution in [2.75, 3.05) is 51.9 Å². The Morgan fingerprint density at radius 2 is 1.97 bits per heavy atom. The molecule has 1 N–H and O–H groups in total. The van der Waals surface area contributed by atoms with E-state index in [1.54, 1.807) is 14.2 Å². The molecule has 0 aliphatic carbocycles. The van der Waals surface area contributed by atoms with Crippen LogP contribution in [-0.4, -0.2) is 63.9 Å². The van der Waals surface area contributed by atoms with Crippen molar-refractivity contribution in [2.24, 2.45) is 5.92 Å². The molecule has 1 saturated heterocycles. The Morgan fingerprint density at radius 1 is 1.16 bits per heavy atom. The number of ether oxygens (including phenoxy) is 2. The highest BCUT2D eigenvalue weighted by Crippen LogP contribution is 2.38. The molecular formula is C24H30FN3O3. The monoisotopic (exact) mass is 427 g/mol. The third kappa shape index (κ3) is 4.83. The van der Waals surface area contributed by atoms with Gasteiger partial charge in [0.1, 0.15) is 11.6 Å². The number of rotatable bonds is 7. The summed E-state index contributed by atoms with van der Waals surface area (Å²) in [5, 5.41) is 3.03. The average molecular weight is 428 g/mol. The zero-order valence-electron chi connectivity index (χ0n) is 18.1. The molecule has 166 valence electrons. The number of methoxy groups -OCH3 is 2. The van der Waals surface area contributed by atoms with Gasteiger partial charge in [0.15, 0.2) is 0 Å². The lowest BCUT2D eigenvalue weighted by Crippen LogP contribution is -2.61. The fourth-order valence-corrected chi connectivity index (χ4v) is 4.66. The van der Waals surface area contributed by atoms with Gasteiger partial charge in [0.25, 0.3) is 0 Å². The number of piperazine rings is 1. The summed E-state index contributed by atoms with van der Waals surface area (Å²) in [5.74, 6) is 0.527. The van der Waals surface area contributed by atoms with E-state index in [4.69, 9.17) is 9.47 Å². The number of nitrogens with zero attached hydrogens (tertiary/aromatic N) is 2. The largest absolute Gasteiger partial charge is 0.497 e. The van der Waals surface area contributed by atoms with Crippen molar-refractivity contribution in [2.45, 2.75) is 19.0 Å². The lowest BCUT2D eigenvalue weighted by molar-refractivity contribution is -0.126. The van der Waals surface area contributed by atoms with Crippen molar-refractivity contribution < 1.29 is 18.7 Å². The van der Waals surface area contributed by atoms with Crippen LogP contribution in [0.3, 0.4) is 0 Å². The smallest absolute Gasteiger partial charge is 0.225 e. The Labute approximate surface area is 182 Å². The second kappa shape index (κ2) is 9.66. The van der Waals surface area contributed by atoms with E-state index in [1.165, 1.54) is 17.7 Å². The van der Waals surface area contributed by atoms with Crippen LogP contribution in [0.5, 0.6) is 5.75 Å². The van der Waals surface area contributed by atoms with E-state index < -0.39 is 0 Å². The number of carbonyl (C=O) groups is 1. The third-order valence-corrected chi connectivity index (χ3v) is 6.27. The number of amides is 1. The van der Waals surface area contributed by atoms with Crippen LogP contribution in [0.25, 0.3) is 0 Å².